The molecule has 0 atom stereocenters. The summed E-state index contributed by atoms with van der Waals surface area (Å²) in [6, 6.07) is 8.84. The predicted molar refractivity (Wildman–Crippen MR) is 81.5 cm³/mol. The molecule has 0 saturated heterocycles. The van der Waals surface area contributed by atoms with Crippen molar-refractivity contribution in [3.05, 3.63) is 53.8 Å². The molecular weight excluding hydrogens is 325 g/mol. The monoisotopic (exact) mass is 339 g/mol. The van der Waals surface area contributed by atoms with Crippen LogP contribution in [0, 0.1) is 5.82 Å². The highest BCUT2D eigenvalue weighted by Gasteiger charge is 2.18. The minimum atomic E-state index is -4.01. The maximum absolute atomic E-state index is 13.8. The van der Waals surface area contributed by atoms with Crippen molar-refractivity contribution in [1.82, 2.24) is 0 Å². The number of anilines is 1. The molecule has 0 aliphatic carbocycles. The summed E-state index contributed by atoms with van der Waals surface area (Å²) in [5, 5.41) is 0. The van der Waals surface area contributed by atoms with Crippen LogP contribution in [0.3, 0.4) is 0 Å². The van der Waals surface area contributed by atoms with Gasteiger partial charge in [-0.3, -0.25) is 4.72 Å². The van der Waals surface area contributed by atoms with Crippen LogP contribution in [0.5, 0.6) is 5.75 Å². The number of benzene rings is 2. The van der Waals surface area contributed by atoms with Gasteiger partial charge in [0.2, 0.25) is 0 Å². The van der Waals surface area contributed by atoms with E-state index in [0.717, 1.165) is 12.1 Å². The van der Waals surface area contributed by atoms with E-state index in [9.17, 15) is 17.6 Å². The molecule has 0 aromatic heterocycles. The number of sulfonamides is 1. The number of carbonyl (C=O) groups excluding carboxylic acids is 1. The van der Waals surface area contributed by atoms with Gasteiger partial charge in [0.25, 0.3) is 10.0 Å². The smallest absolute Gasteiger partial charge is 0.337 e. The molecule has 2 rings (SSSR count). The molecule has 0 unspecified atom stereocenters. The summed E-state index contributed by atoms with van der Waals surface area (Å²) in [5.41, 5.74) is -0.315. The Balaban J connectivity index is 2.34. The number of hydrogen-bond donors (Lipinski definition) is 1. The zero-order valence-corrected chi connectivity index (χ0v) is 13.2. The molecule has 2 aromatic rings. The van der Waals surface area contributed by atoms with Gasteiger partial charge in [0.15, 0.2) is 0 Å². The second kappa shape index (κ2) is 6.66. The van der Waals surface area contributed by atoms with Gasteiger partial charge in [-0.05, 0) is 42.5 Å². The standard InChI is InChI=1S/C15H14FNO5S/c1-21-11-4-6-12(7-5-11)23(19,20)17-14-9-10(15(18)22-2)3-8-13(14)16/h3-9,17H,1-2H3. The molecule has 0 aliphatic heterocycles. The molecule has 0 radical (unpaired) electrons. The Morgan fingerprint density at radius 2 is 1.74 bits per heavy atom. The minimum absolute atomic E-state index is 0.0290. The number of methoxy groups -OCH3 is 2. The van der Waals surface area contributed by atoms with E-state index < -0.39 is 21.8 Å². The second-order valence-corrected chi connectivity index (χ2v) is 6.15. The van der Waals surface area contributed by atoms with Crippen LogP contribution in [0.25, 0.3) is 0 Å². The lowest BCUT2D eigenvalue weighted by Crippen LogP contribution is -2.14. The second-order valence-electron chi connectivity index (χ2n) is 4.47. The maximum atomic E-state index is 13.8. The number of ether oxygens (including phenoxy) is 2. The molecule has 1 N–H and O–H groups in total. The number of hydrogen-bond acceptors (Lipinski definition) is 5. The summed E-state index contributed by atoms with van der Waals surface area (Å²) in [6.07, 6.45) is 0. The highest BCUT2D eigenvalue weighted by Crippen LogP contribution is 2.22. The van der Waals surface area contributed by atoms with Crippen LogP contribution in [-0.4, -0.2) is 28.6 Å². The lowest BCUT2D eigenvalue weighted by Gasteiger charge is -2.10. The van der Waals surface area contributed by atoms with Crippen molar-refractivity contribution in [3.8, 4) is 5.75 Å². The fraction of sp³-hybridized carbons (Fsp3) is 0.133. The van der Waals surface area contributed by atoms with Gasteiger partial charge in [0.05, 0.1) is 30.4 Å². The van der Waals surface area contributed by atoms with Crippen LogP contribution in [-0.2, 0) is 14.8 Å². The number of esters is 1. The van der Waals surface area contributed by atoms with E-state index in [-0.39, 0.29) is 16.1 Å². The van der Waals surface area contributed by atoms with E-state index in [4.69, 9.17) is 4.74 Å². The Morgan fingerprint density at radius 1 is 1.09 bits per heavy atom. The first kappa shape index (κ1) is 16.8. The van der Waals surface area contributed by atoms with Crippen molar-refractivity contribution < 1.29 is 27.1 Å². The van der Waals surface area contributed by atoms with E-state index in [1.54, 1.807) is 0 Å². The third kappa shape index (κ3) is 3.78. The highest BCUT2D eigenvalue weighted by molar-refractivity contribution is 7.92. The molecule has 0 fully saturated rings. The first-order valence-corrected chi connectivity index (χ1v) is 7.90. The lowest BCUT2D eigenvalue weighted by atomic mass is 10.2. The van der Waals surface area contributed by atoms with Crippen molar-refractivity contribution >= 4 is 21.7 Å². The third-order valence-electron chi connectivity index (χ3n) is 3.00. The zero-order valence-electron chi connectivity index (χ0n) is 12.4. The molecule has 122 valence electrons. The number of carbonyl (C=O) groups is 1. The van der Waals surface area contributed by atoms with E-state index in [2.05, 4.69) is 9.46 Å². The average molecular weight is 339 g/mol. The summed E-state index contributed by atoms with van der Waals surface area (Å²) in [7, 11) is -1.38. The Morgan fingerprint density at radius 3 is 2.30 bits per heavy atom. The van der Waals surface area contributed by atoms with Crippen LogP contribution in [0.4, 0.5) is 10.1 Å². The van der Waals surface area contributed by atoms with Gasteiger partial charge in [-0.25, -0.2) is 17.6 Å². The van der Waals surface area contributed by atoms with E-state index in [1.165, 1.54) is 44.6 Å². The zero-order chi connectivity index (χ0) is 17.0. The van der Waals surface area contributed by atoms with Crippen molar-refractivity contribution in [3.63, 3.8) is 0 Å². The lowest BCUT2D eigenvalue weighted by molar-refractivity contribution is 0.0600. The van der Waals surface area contributed by atoms with Crippen molar-refractivity contribution in [2.45, 2.75) is 4.90 Å². The Bertz CT molecular complexity index is 818. The quantitative estimate of drug-likeness (QED) is 0.846. The van der Waals surface area contributed by atoms with Crippen molar-refractivity contribution in [2.75, 3.05) is 18.9 Å². The largest absolute Gasteiger partial charge is 0.497 e. The summed E-state index contributed by atoms with van der Waals surface area (Å²) >= 11 is 0. The summed E-state index contributed by atoms with van der Waals surface area (Å²) in [4.78, 5) is 11.4. The van der Waals surface area contributed by atoms with Gasteiger partial charge in [-0.1, -0.05) is 0 Å². The summed E-state index contributed by atoms with van der Waals surface area (Å²) < 4.78 is 49.9. The SMILES string of the molecule is COC(=O)c1ccc(F)c(NS(=O)(=O)c2ccc(OC)cc2)c1. The molecule has 0 heterocycles. The molecule has 0 aliphatic rings. The molecular formula is C15H14FNO5S. The van der Waals surface area contributed by atoms with Crippen LogP contribution in [0.1, 0.15) is 10.4 Å². The Kier molecular flexibility index (Phi) is 4.85. The maximum Gasteiger partial charge on any atom is 0.337 e. The van der Waals surface area contributed by atoms with Gasteiger partial charge >= 0.3 is 5.97 Å². The number of rotatable bonds is 5. The molecule has 6 nitrogen and oxygen atoms in total. The van der Waals surface area contributed by atoms with Crippen LogP contribution in [0.2, 0.25) is 0 Å². The Labute approximate surface area is 132 Å². The highest BCUT2D eigenvalue weighted by atomic mass is 32.2. The summed E-state index contributed by atoms with van der Waals surface area (Å²) in [5.74, 6) is -1.02. The fourth-order valence-corrected chi connectivity index (χ4v) is 2.87. The molecule has 0 amide bonds. The third-order valence-corrected chi connectivity index (χ3v) is 4.38. The fourth-order valence-electron chi connectivity index (χ4n) is 1.81. The van der Waals surface area contributed by atoms with E-state index in [0.29, 0.717) is 5.75 Å². The van der Waals surface area contributed by atoms with Crippen molar-refractivity contribution in [1.29, 1.82) is 0 Å². The molecule has 0 bridgehead atoms. The molecule has 2 aromatic carbocycles. The first-order valence-electron chi connectivity index (χ1n) is 6.42. The number of nitrogens with one attached hydrogen (secondary N) is 1. The summed E-state index contributed by atoms with van der Waals surface area (Å²) in [6.45, 7) is 0. The molecule has 0 saturated carbocycles. The van der Waals surface area contributed by atoms with Crippen LogP contribution in [0.15, 0.2) is 47.4 Å². The molecule has 0 spiro atoms. The van der Waals surface area contributed by atoms with Crippen LogP contribution < -0.4 is 9.46 Å². The first-order chi connectivity index (χ1) is 10.9. The van der Waals surface area contributed by atoms with Gasteiger partial charge in [0, 0.05) is 0 Å². The predicted octanol–water partition coefficient (Wildman–Crippen LogP) is 2.42. The normalized spacial score (nSPS) is 10.9. The van der Waals surface area contributed by atoms with Gasteiger partial charge in [0.1, 0.15) is 11.6 Å². The van der Waals surface area contributed by atoms with Crippen molar-refractivity contribution in [2.24, 2.45) is 0 Å². The van der Waals surface area contributed by atoms with Gasteiger partial charge < -0.3 is 9.47 Å². The van der Waals surface area contributed by atoms with Gasteiger partial charge in [-0.15, -0.1) is 0 Å². The topological polar surface area (TPSA) is 81.7 Å². The minimum Gasteiger partial charge on any atom is -0.497 e. The molecule has 23 heavy (non-hydrogen) atoms. The Hall–Kier alpha value is -2.61. The molecule has 8 heteroatoms. The van der Waals surface area contributed by atoms with E-state index in [1.807, 2.05) is 0 Å². The average Bonchev–Trinajstić information content (AvgIpc) is 2.56. The number of halogens is 1. The van der Waals surface area contributed by atoms with E-state index >= 15 is 0 Å². The van der Waals surface area contributed by atoms with Gasteiger partial charge in [-0.2, -0.15) is 0 Å². The van der Waals surface area contributed by atoms with Crippen LogP contribution >= 0.6 is 0 Å².